The Balaban J connectivity index is 2.60. The molecule has 0 amide bonds. The molecule has 1 aliphatic carbocycles. The summed E-state index contributed by atoms with van der Waals surface area (Å²) in [4.78, 5) is 0. The van der Waals surface area contributed by atoms with Crippen molar-refractivity contribution in [2.45, 2.75) is 19.3 Å². The molecule has 1 aromatic rings. The zero-order valence-corrected chi connectivity index (χ0v) is 10.6. The number of benzene rings is 1. The number of hydrogen-bond acceptors (Lipinski definition) is 3. The van der Waals surface area contributed by atoms with Crippen LogP contribution in [0.25, 0.3) is 5.57 Å². The molecule has 17 heavy (non-hydrogen) atoms. The molecule has 0 saturated carbocycles. The van der Waals surface area contributed by atoms with Gasteiger partial charge in [0.2, 0.25) is 0 Å². The van der Waals surface area contributed by atoms with Crippen molar-refractivity contribution in [2.24, 2.45) is 0 Å². The maximum Gasteiger partial charge on any atom is 0.127 e. The van der Waals surface area contributed by atoms with Crippen LogP contribution in [0.3, 0.4) is 0 Å². The van der Waals surface area contributed by atoms with Gasteiger partial charge < -0.3 is 14.2 Å². The fourth-order valence-corrected chi connectivity index (χ4v) is 2.41. The smallest absolute Gasteiger partial charge is 0.127 e. The fourth-order valence-electron chi connectivity index (χ4n) is 2.41. The molecule has 0 unspecified atom stereocenters. The Hall–Kier alpha value is -1.64. The van der Waals surface area contributed by atoms with Gasteiger partial charge in [-0.15, -0.1) is 0 Å². The molecule has 0 bridgehead atoms. The van der Waals surface area contributed by atoms with Crippen molar-refractivity contribution in [1.29, 1.82) is 0 Å². The Bertz CT molecular complexity index is 435. The highest BCUT2D eigenvalue weighted by Gasteiger charge is 2.22. The maximum absolute atomic E-state index is 5.44. The van der Waals surface area contributed by atoms with E-state index >= 15 is 0 Å². The van der Waals surface area contributed by atoms with Gasteiger partial charge in [0.1, 0.15) is 11.5 Å². The van der Waals surface area contributed by atoms with Gasteiger partial charge in [0.25, 0.3) is 0 Å². The standard InChI is InChI=1S/C14H18O3/c1-15-9-10-5-4-6-11-12(16-2)7-8-13(17-3)14(10)11/h7-9H,4-6H2,1-3H3/b10-9+. The SMILES string of the molecule is CO/C=C1\CCCc2c(OC)ccc(OC)c21. The highest BCUT2D eigenvalue weighted by Crippen LogP contribution is 2.41. The van der Waals surface area contributed by atoms with Gasteiger partial charge in [-0.25, -0.2) is 0 Å². The summed E-state index contributed by atoms with van der Waals surface area (Å²) in [5.41, 5.74) is 3.55. The predicted molar refractivity (Wildman–Crippen MR) is 67.5 cm³/mol. The molecular formula is C14H18O3. The lowest BCUT2D eigenvalue weighted by atomic mass is 9.86. The predicted octanol–water partition coefficient (Wildman–Crippen LogP) is 3.03. The van der Waals surface area contributed by atoms with Crippen LogP contribution in [0.15, 0.2) is 18.4 Å². The molecule has 0 N–H and O–H groups in total. The number of allylic oxidation sites excluding steroid dienone is 1. The highest BCUT2D eigenvalue weighted by molar-refractivity contribution is 5.76. The van der Waals surface area contributed by atoms with E-state index in [2.05, 4.69) is 0 Å². The Kier molecular flexibility index (Phi) is 3.57. The van der Waals surface area contributed by atoms with Crippen molar-refractivity contribution in [3.63, 3.8) is 0 Å². The minimum Gasteiger partial charge on any atom is -0.504 e. The molecule has 1 aromatic carbocycles. The first-order chi connectivity index (χ1) is 8.31. The first-order valence-electron chi connectivity index (χ1n) is 5.78. The molecule has 3 heteroatoms. The van der Waals surface area contributed by atoms with E-state index in [1.807, 2.05) is 12.1 Å². The summed E-state index contributed by atoms with van der Waals surface area (Å²) in [7, 11) is 5.07. The van der Waals surface area contributed by atoms with Gasteiger partial charge in [-0.3, -0.25) is 0 Å². The second-order valence-electron chi connectivity index (χ2n) is 4.06. The van der Waals surface area contributed by atoms with E-state index in [4.69, 9.17) is 14.2 Å². The van der Waals surface area contributed by atoms with Gasteiger partial charge in [0.05, 0.1) is 27.6 Å². The molecule has 0 aromatic heterocycles. The lowest BCUT2D eigenvalue weighted by molar-refractivity contribution is 0.337. The van der Waals surface area contributed by atoms with Crippen molar-refractivity contribution in [1.82, 2.24) is 0 Å². The topological polar surface area (TPSA) is 27.7 Å². The summed E-state index contributed by atoms with van der Waals surface area (Å²) in [5, 5.41) is 0. The van der Waals surface area contributed by atoms with Crippen molar-refractivity contribution < 1.29 is 14.2 Å². The van der Waals surface area contributed by atoms with Crippen LogP contribution in [-0.2, 0) is 11.2 Å². The molecule has 0 fully saturated rings. The molecule has 0 spiro atoms. The number of fused-ring (bicyclic) bond motifs is 1. The number of rotatable bonds is 3. The third-order valence-corrected chi connectivity index (χ3v) is 3.13. The lowest BCUT2D eigenvalue weighted by Crippen LogP contribution is -2.06. The summed E-state index contributed by atoms with van der Waals surface area (Å²) in [5.74, 6) is 1.83. The van der Waals surface area contributed by atoms with Crippen molar-refractivity contribution in [2.75, 3.05) is 21.3 Å². The van der Waals surface area contributed by atoms with Crippen LogP contribution in [-0.4, -0.2) is 21.3 Å². The third-order valence-electron chi connectivity index (χ3n) is 3.13. The first-order valence-corrected chi connectivity index (χ1v) is 5.78. The normalized spacial score (nSPS) is 16.5. The van der Waals surface area contributed by atoms with E-state index in [0.29, 0.717) is 0 Å². The average Bonchev–Trinajstić information content (AvgIpc) is 2.38. The Morgan fingerprint density at radius 2 is 1.71 bits per heavy atom. The maximum atomic E-state index is 5.44. The fraction of sp³-hybridized carbons (Fsp3) is 0.429. The molecule has 0 radical (unpaired) electrons. The summed E-state index contributed by atoms with van der Waals surface area (Å²) < 4.78 is 16.0. The Morgan fingerprint density at radius 3 is 2.35 bits per heavy atom. The average molecular weight is 234 g/mol. The van der Waals surface area contributed by atoms with Crippen LogP contribution in [0, 0.1) is 0 Å². The van der Waals surface area contributed by atoms with Gasteiger partial charge in [-0.1, -0.05) is 0 Å². The molecular weight excluding hydrogens is 216 g/mol. The van der Waals surface area contributed by atoms with Gasteiger partial charge in [0, 0.05) is 11.1 Å². The first kappa shape index (κ1) is 11.8. The van der Waals surface area contributed by atoms with E-state index in [-0.39, 0.29) is 0 Å². The van der Waals surface area contributed by atoms with Crippen LogP contribution < -0.4 is 9.47 Å². The van der Waals surface area contributed by atoms with E-state index in [1.54, 1.807) is 27.6 Å². The van der Waals surface area contributed by atoms with E-state index in [1.165, 1.54) is 11.1 Å². The summed E-state index contributed by atoms with van der Waals surface area (Å²) in [6.45, 7) is 0. The van der Waals surface area contributed by atoms with Crippen molar-refractivity contribution in [3.05, 3.63) is 29.5 Å². The van der Waals surface area contributed by atoms with E-state index in [9.17, 15) is 0 Å². The monoisotopic (exact) mass is 234 g/mol. The number of methoxy groups -OCH3 is 3. The third kappa shape index (κ3) is 2.09. The minimum atomic E-state index is 0.892. The van der Waals surface area contributed by atoms with Crippen molar-refractivity contribution in [3.8, 4) is 11.5 Å². The van der Waals surface area contributed by atoms with Crippen LogP contribution in [0.4, 0.5) is 0 Å². The Labute approximate surface area is 102 Å². The lowest BCUT2D eigenvalue weighted by Gasteiger charge is -2.23. The molecule has 3 nitrogen and oxygen atoms in total. The molecule has 0 atom stereocenters. The second kappa shape index (κ2) is 5.13. The molecule has 2 rings (SSSR count). The quantitative estimate of drug-likeness (QED) is 0.752. The molecule has 92 valence electrons. The van der Waals surface area contributed by atoms with Gasteiger partial charge in [-0.05, 0) is 37.0 Å². The van der Waals surface area contributed by atoms with Crippen LogP contribution in [0.5, 0.6) is 11.5 Å². The van der Waals surface area contributed by atoms with Crippen LogP contribution in [0.2, 0.25) is 0 Å². The zero-order chi connectivity index (χ0) is 12.3. The molecule has 0 heterocycles. The molecule has 0 saturated heterocycles. The highest BCUT2D eigenvalue weighted by atomic mass is 16.5. The van der Waals surface area contributed by atoms with Crippen LogP contribution in [0.1, 0.15) is 24.0 Å². The zero-order valence-electron chi connectivity index (χ0n) is 10.6. The van der Waals surface area contributed by atoms with Gasteiger partial charge >= 0.3 is 0 Å². The minimum absolute atomic E-state index is 0.892. The van der Waals surface area contributed by atoms with Gasteiger partial charge in [-0.2, -0.15) is 0 Å². The van der Waals surface area contributed by atoms with E-state index < -0.39 is 0 Å². The van der Waals surface area contributed by atoms with Gasteiger partial charge in [0.15, 0.2) is 0 Å². The van der Waals surface area contributed by atoms with E-state index in [0.717, 1.165) is 36.3 Å². The number of ether oxygens (including phenoxy) is 3. The Morgan fingerprint density at radius 1 is 1.00 bits per heavy atom. The summed E-state index contributed by atoms with van der Waals surface area (Å²) >= 11 is 0. The molecule has 1 aliphatic rings. The summed E-state index contributed by atoms with van der Waals surface area (Å²) in [6, 6.07) is 3.92. The van der Waals surface area contributed by atoms with Crippen LogP contribution >= 0.6 is 0 Å². The number of hydrogen-bond donors (Lipinski definition) is 0. The van der Waals surface area contributed by atoms with Crippen molar-refractivity contribution >= 4 is 5.57 Å². The molecule has 0 aliphatic heterocycles. The largest absolute Gasteiger partial charge is 0.504 e. The second-order valence-corrected chi connectivity index (χ2v) is 4.06. The summed E-state index contributed by atoms with van der Waals surface area (Å²) in [6.07, 6.45) is 4.97.